The summed E-state index contributed by atoms with van der Waals surface area (Å²) in [5.41, 5.74) is 2.15. The second-order valence-corrected chi connectivity index (χ2v) is 3.69. The normalized spacial score (nSPS) is 22.1. The van der Waals surface area contributed by atoms with Crippen LogP contribution in [0.3, 0.4) is 0 Å². The molecule has 2 N–H and O–H groups in total. The maximum Gasteiger partial charge on any atom is 0.118 e. The van der Waals surface area contributed by atoms with Crippen molar-refractivity contribution < 1.29 is 5.11 Å². The van der Waals surface area contributed by atoms with Gasteiger partial charge in [0.05, 0.1) is 0 Å². The van der Waals surface area contributed by atoms with Gasteiger partial charge in [0.15, 0.2) is 0 Å². The van der Waals surface area contributed by atoms with Gasteiger partial charge in [0.2, 0.25) is 0 Å². The topological polar surface area (TPSA) is 32.3 Å². The summed E-state index contributed by atoms with van der Waals surface area (Å²) >= 11 is 0. The number of rotatable bonds is 1. The van der Waals surface area contributed by atoms with Crippen molar-refractivity contribution in [1.82, 2.24) is 5.32 Å². The molecule has 1 atom stereocenters. The van der Waals surface area contributed by atoms with Gasteiger partial charge in [-0.1, -0.05) is 12.1 Å². The second-order valence-electron chi connectivity index (χ2n) is 3.69. The minimum Gasteiger partial charge on any atom is -0.508 e. The van der Waals surface area contributed by atoms with Crippen LogP contribution in [-0.2, 0) is 0 Å². The van der Waals surface area contributed by atoms with Crippen molar-refractivity contribution in [1.29, 1.82) is 0 Å². The van der Waals surface area contributed by atoms with Gasteiger partial charge in [-0.2, -0.15) is 0 Å². The predicted octanol–water partition coefficient (Wildman–Crippen LogP) is 2.13. The predicted molar refractivity (Wildman–Crippen MR) is 52.8 cm³/mol. The lowest BCUT2D eigenvalue weighted by Crippen LogP contribution is -2.12. The maximum absolute atomic E-state index is 9.53. The van der Waals surface area contributed by atoms with Crippen LogP contribution in [-0.4, -0.2) is 11.7 Å². The third-order valence-corrected chi connectivity index (χ3v) is 2.70. The highest BCUT2D eigenvalue weighted by atomic mass is 16.3. The van der Waals surface area contributed by atoms with Gasteiger partial charge in [-0.3, -0.25) is 0 Å². The Labute approximate surface area is 78.6 Å². The molecule has 0 saturated carbocycles. The lowest BCUT2D eigenvalue weighted by atomic mass is 10.0. The molecule has 70 valence electrons. The Morgan fingerprint density at radius 3 is 2.92 bits per heavy atom. The molecule has 1 heterocycles. The van der Waals surface area contributed by atoms with Crippen molar-refractivity contribution in [3.05, 3.63) is 29.3 Å². The summed E-state index contributed by atoms with van der Waals surface area (Å²) < 4.78 is 0. The summed E-state index contributed by atoms with van der Waals surface area (Å²) in [5.74, 6) is 0.409. The van der Waals surface area contributed by atoms with Gasteiger partial charge >= 0.3 is 0 Å². The molecule has 0 amide bonds. The molecule has 0 bridgehead atoms. The van der Waals surface area contributed by atoms with Crippen LogP contribution in [0.25, 0.3) is 0 Å². The quantitative estimate of drug-likeness (QED) is 0.688. The smallest absolute Gasteiger partial charge is 0.118 e. The monoisotopic (exact) mass is 177 g/mol. The fourth-order valence-corrected chi connectivity index (χ4v) is 1.81. The Morgan fingerprint density at radius 1 is 1.46 bits per heavy atom. The summed E-state index contributed by atoms with van der Waals surface area (Å²) in [7, 11) is 0. The molecule has 2 nitrogen and oxygen atoms in total. The average Bonchev–Trinajstić information content (AvgIpc) is 2.62. The van der Waals surface area contributed by atoms with Crippen molar-refractivity contribution in [2.45, 2.75) is 25.8 Å². The molecule has 0 aromatic heterocycles. The van der Waals surface area contributed by atoms with E-state index in [0.29, 0.717) is 11.8 Å². The number of phenolic OH excluding ortho intramolecular Hbond substituents is 1. The molecule has 1 saturated heterocycles. The summed E-state index contributed by atoms with van der Waals surface area (Å²) in [4.78, 5) is 0. The first-order chi connectivity index (χ1) is 6.27. The van der Waals surface area contributed by atoms with Gasteiger partial charge in [0.25, 0.3) is 0 Å². The zero-order valence-electron chi connectivity index (χ0n) is 7.88. The lowest BCUT2D eigenvalue weighted by Gasteiger charge is -2.11. The minimum atomic E-state index is 0.409. The standard InChI is InChI=1S/C11H15NO/c1-8-4-5-9(7-11(8)13)10-3-2-6-12-10/h4-5,7,10,12-13H,2-3,6H2,1H3. The number of nitrogens with one attached hydrogen (secondary N) is 1. The lowest BCUT2D eigenvalue weighted by molar-refractivity contribution is 0.469. The highest BCUT2D eigenvalue weighted by molar-refractivity contribution is 5.36. The summed E-state index contributed by atoms with van der Waals surface area (Å²) in [5, 5.41) is 12.9. The van der Waals surface area contributed by atoms with E-state index in [0.717, 1.165) is 12.1 Å². The molecule has 1 aliphatic heterocycles. The van der Waals surface area contributed by atoms with E-state index in [1.807, 2.05) is 19.1 Å². The number of hydrogen-bond acceptors (Lipinski definition) is 2. The Hall–Kier alpha value is -1.02. The van der Waals surface area contributed by atoms with Crippen LogP contribution < -0.4 is 5.32 Å². The fourth-order valence-electron chi connectivity index (χ4n) is 1.81. The highest BCUT2D eigenvalue weighted by Crippen LogP contribution is 2.27. The molecule has 1 aromatic rings. The molecule has 13 heavy (non-hydrogen) atoms. The fraction of sp³-hybridized carbons (Fsp3) is 0.455. The van der Waals surface area contributed by atoms with Crippen LogP contribution in [0.5, 0.6) is 5.75 Å². The first-order valence-corrected chi connectivity index (χ1v) is 4.80. The second kappa shape index (κ2) is 3.38. The molecule has 0 aliphatic carbocycles. The molecule has 1 aromatic carbocycles. The van der Waals surface area contributed by atoms with Crippen LogP contribution in [0.15, 0.2) is 18.2 Å². The Balaban J connectivity index is 2.25. The molecular formula is C11H15NO. The molecule has 0 radical (unpaired) electrons. The Kier molecular flexibility index (Phi) is 2.23. The summed E-state index contributed by atoms with van der Waals surface area (Å²) in [6.45, 7) is 3.01. The van der Waals surface area contributed by atoms with E-state index in [1.165, 1.54) is 18.4 Å². The van der Waals surface area contributed by atoms with Crippen molar-refractivity contribution in [2.75, 3.05) is 6.54 Å². The van der Waals surface area contributed by atoms with Gasteiger partial charge in [-0.15, -0.1) is 0 Å². The van der Waals surface area contributed by atoms with Crippen LogP contribution >= 0.6 is 0 Å². The Bertz CT molecular complexity index is 303. The van der Waals surface area contributed by atoms with E-state index in [2.05, 4.69) is 11.4 Å². The van der Waals surface area contributed by atoms with Crippen LogP contribution in [0.1, 0.15) is 30.0 Å². The van der Waals surface area contributed by atoms with E-state index in [9.17, 15) is 5.11 Å². The molecular weight excluding hydrogens is 162 g/mol. The number of phenols is 1. The molecule has 2 heteroatoms. The maximum atomic E-state index is 9.53. The van der Waals surface area contributed by atoms with E-state index in [4.69, 9.17) is 0 Å². The SMILES string of the molecule is Cc1ccc(C2CCCN2)cc1O. The summed E-state index contributed by atoms with van der Waals surface area (Å²) in [6, 6.07) is 6.40. The zero-order chi connectivity index (χ0) is 9.26. The molecule has 0 spiro atoms. The van der Waals surface area contributed by atoms with Crippen molar-refractivity contribution in [3.8, 4) is 5.75 Å². The van der Waals surface area contributed by atoms with Gasteiger partial charge in [0, 0.05) is 6.04 Å². The van der Waals surface area contributed by atoms with Gasteiger partial charge in [-0.25, -0.2) is 0 Å². The molecule has 1 unspecified atom stereocenters. The first-order valence-electron chi connectivity index (χ1n) is 4.80. The molecule has 1 aliphatic rings. The van der Waals surface area contributed by atoms with Crippen molar-refractivity contribution in [2.24, 2.45) is 0 Å². The highest BCUT2D eigenvalue weighted by Gasteiger charge is 2.16. The van der Waals surface area contributed by atoms with Gasteiger partial charge in [0.1, 0.15) is 5.75 Å². The number of aryl methyl sites for hydroxylation is 1. The van der Waals surface area contributed by atoms with Crippen molar-refractivity contribution in [3.63, 3.8) is 0 Å². The number of aromatic hydroxyl groups is 1. The third kappa shape index (κ3) is 1.68. The van der Waals surface area contributed by atoms with E-state index < -0.39 is 0 Å². The Morgan fingerprint density at radius 2 is 2.31 bits per heavy atom. The zero-order valence-corrected chi connectivity index (χ0v) is 7.88. The van der Waals surface area contributed by atoms with E-state index in [1.54, 1.807) is 0 Å². The van der Waals surface area contributed by atoms with Gasteiger partial charge < -0.3 is 10.4 Å². The van der Waals surface area contributed by atoms with Crippen molar-refractivity contribution >= 4 is 0 Å². The van der Waals surface area contributed by atoms with E-state index in [-0.39, 0.29) is 0 Å². The minimum absolute atomic E-state index is 0.409. The first kappa shape index (κ1) is 8.57. The third-order valence-electron chi connectivity index (χ3n) is 2.70. The largest absolute Gasteiger partial charge is 0.508 e. The number of hydrogen-bond donors (Lipinski definition) is 2. The van der Waals surface area contributed by atoms with Gasteiger partial charge in [-0.05, 0) is 43.5 Å². The molecule has 1 fully saturated rings. The van der Waals surface area contributed by atoms with E-state index >= 15 is 0 Å². The van der Waals surface area contributed by atoms with Crippen LogP contribution in [0, 0.1) is 6.92 Å². The number of benzene rings is 1. The average molecular weight is 177 g/mol. The van der Waals surface area contributed by atoms with Crippen LogP contribution in [0.2, 0.25) is 0 Å². The van der Waals surface area contributed by atoms with Crippen LogP contribution in [0.4, 0.5) is 0 Å². The molecule has 2 rings (SSSR count). The summed E-state index contributed by atoms with van der Waals surface area (Å²) in [6.07, 6.45) is 2.42.